The molecule has 0 saturated carbocycles. The van der Waals surface area contributed by atoms with Crippen molar-refractivity contribution < 1.29 is 22.1 Å². The molecule has 0 aliphatic heterocycles. The third-order valence-corrected chi connectivity index (χ3v) is 1.83. The first-order chi connectivity index (χ1) is 7.47. The molecule has 0 atom stereocenters. The Morgan fingerprint density at radius 3 is 2.44 bits per heavy atom. The topological polar surface area (TPSA) is 38.9 Å². The van der Waals surface area contributed by atoms with E-state index >= 15 is 0 Å². The van der Waals surface area contributed by atoms with Crippen molar-refractivity contribution in [3.8, 4) is 11.5 Å². The molecule has 0 amide bonds. The highest BCUT2D eigenvalue weighted by Gasteiger charge is 2.31. The summed E-state index contributed by atoms with van der Waals surface area (Å²) >= 11 is 0. The van der Waals surface area contributed by atoms with Crippen molar-refractivity contribution in [2.75, 3.05) is 0 Å². The number of rotatable bonds is 1. The molecular formula is C9H4F4N2O. The van der Waals surface area contributed by atoms with Crippen molar-refractivity contribution in [1.82, 2.24) is 10.1 Å². The zero-order valence-electron chi connectivity index (χ0n) is 7.62. The lowest BCUT2D eigenvalue weighted by Gasteiger charge is -2.07. The SMILES string of the molecule is Fc1cc(-c2ncno2)cc(C(F)(F)F)c1. The van der Waals surface area contributed by atoms with Gasteiger partial charge in [-0.15, -0.1) is 0 Å². The van der Waals surface area contributed by atoms with E-state index in [1.807, 2.05) is 0 Å². The standard InChI is InChI=1S/C9H4F4N2O/c10-7-2-5(8-14-4-15-16-8)1-6(3-7)9(11,12)13/h1-4H. The number of aromatic nitrogens is 2. The predicted molar refractivity (Wildman–Crippen MR) is 44.7 cm³/mol. The molecule has 3 nitrogen and oxygen atoms in total. The number of halogens is 4. The van der Waals surface area contributed by atoms with Gasteiger partial charge < -0.3 is 4.52 Å². The first-order valence-electron chi connectivity index (χ1n) is 4.11. The molecule has 2 rings (SSSR count). The zero-order valence-corrected chi connectivity index (χ0v) is 7.62. The minimum atomic E-state index is -4.61. The van der Waals surface area contributed by atoms with Gasteiger partial charge in [0, 0.05) is 5.56 Å². The second-order valence-electron chi connectivity index (χ2n) is 2.97. The van der Waals surface area contributed by atoms with Crippen LogP contribution in [0.4, 0.5) is 17.6 Å². The summed E-state index contributed by atoms with van der Waals surface area (Å²) in [5.74, 6) is -1.17. The summed E-state index contributed by atoms with van der Waals surface area (Å²) in [6, 6.07) is 2.04. The summed E-state index contributed by atoms with van der Waals surface area (Å²) in [5.41, 5.74) is -1.20. The summed E-state index contributed by atoms with van der Waals surface area (Å²) in [5, 5.41) is 3.23. The average molecular weight is 232 g/mol. The molecule has 16 heavy (non-hydrogen) atoms. The van der Waals surface area contributed by atoms with E-state index in [0.717, 1.165) is 18.5 Å². The molecule has 0 fully saturated rings. The van der Waals surface area contributed by atoms with Crippen LogP contribution in [0.5, 0.6) is 0 Å². The molecule has 0 saturated heterocycles. The van der Waals surface area contributed by atoms with Crippen LogP contribution in [0.3, 0.4) is 0 Å². The van der Waals surface area contributed by atoms with Crippen molar-refractivity contribution in [3.05, 3.63) is 35.9 Å². The van der Waals surface area contributed by atoms with Crippen LogP contribution in [0.1, 0.15) is 5.56 Å². The fourth-order valence-electron chi connectivity index (χ4n) is 1.18. The van der Waals surface area contributed by atoms with Crippen LogP contribution < -0.4 is 0 Å². The summed E-state index contributed by atoms with van der Waals surface area (Å²) < 4.78 is 54.6. The van der Waals surface area contributed by atoms with Crippen LogP contribution in [-0.4, -0.2) is 10.1 Å². The van der Waals surface area contributed by atoms with E-state index in [4.69, 9.17) is 0 Å². The number of nitrogens with zero attached hydrogens (tertiary/aromatic N) is 2. The van der Waals surface area contributed by atoms with E-state index in [2.05, 4.69) is 14.7 Å². The highest BCUT2D eigenvalue weighted by Crippen LogP contribution is 2.32. The monoisotopic (exact) mass is 232 g/mol. The average Bonchev–Trinajstić information content (AvgIpc) is 2.68. The quantitative estimate of drug-likeness (QED) is 0.709. The lowest BCUT2D eigenvalue weighted by atomic mass is 10.1. The Balaban J connectivity index is 2.53. The smallest absolute Gasteiger partial charge is 0.334 e. The number of hydrogen-bond acceptors (Lipinski definition) is 3. The van der Waals surface area contributed by atoms with Crippen LogP contribution in [0.15, 0.2) is 29.0 Å². The lowest BCUT2D eigenvalue weighted by Crippen LogP contribution is -2.05. The van der Waals surface area contributed by atoms with Gasteiger partial charge in [-0.1, -0.05) is 5.16 Å². The Kier molecular flexibility index (Phi) is 2.37. The molecule has 1 heterocycles. The van der Waals surface area contributed by atoms with Gasteiger partial charge >= 0.3 is 6.18 Å². The second-order valence-corrected chi connectivity index (χ2v) is 2.97. The van der Waals surface area contributed by atoms with E-state index < -0.39 is 17.6 Å². The molecule has 0 N–H and O–H groups in total. The summed E-state index contributed by atoms with van der Waals surface area (Å²) in [7, 11) is 0. The number of hydrogen-bond donors (Lipinski definition) is 0. The van der Waals surface area contributed by atoms with Crippen molar-refractivity contribution in [2.45, 2.75) is 6.18 Å². The van der Waals surface area contributed by atoms with Crippen molar-refractivity contribution in [1.29, 1.82) is 0 Å². The molecule has 84 valence electrons. The Labute approximate surface area is 86.7 Å². The summed E-state index contributed by atoms with van der Waals surface area (Å²) in [6.45, 7) is 0. The van der Waals surface area contributed by atoms with Gasteiger partial charge in [-0.05, 0) is 18.2 Å². The summed E-state index contributed by atoms with van der Waals surface area (Å²) in [6.07, 6.45) is -3.59. The largest absolute Gasteiger partial charge is 0.416 e. The Hall–Kier alpha value is -1.92. The van der Waals surface area contributed by atoms with E-state index in [-0.39, 0.29) is 11.5 Å². The molecule has 0 bridgehead atoms. The van der Waals surface area contributed by atoms with Crippen LogP contribution in [0, 0.1) is 5.82 Å². The van der Waals surface area contributed by atoms with Gasteiger partial charge in [0.05, 0.1) is 5.56 Å². The first kappa shape index (κ1) is 10.6. The lowest BCUT2D eigenvalue weighted by molar-refractivity contribution is -0.137. The van der Waals surface area contributed by atoms with Crippen LogP contribution in [0.2, 0.25) is 0 Å². The molecule has 0 unspecified atom stereocenters. The fourth-order valence-corrected chi connectivity index (χ4v) is 1.18. The zero-order chi connectivity index (χ0) is 11.8. The fraction of sp³-hybridized carbons (Fsp3) is 0.111. The van der Waals surface area contributed by atoms with Gasteiger partial charge in [0.1, 0.15) is 5.82 Å². The van der Waals surface area contributed by atoms with E-state index in [1.54, 1.807) is 0 Å². The molecule has 0 aliphatic rings. The third kappa shape index (κ3) is 2.02. The molecule has 0 spiro atoms. The number of benzene rings is 1. The van der Waals surface area contributed by atoms with Crippen molar-refractivity contribution >= 4 is 0 Å². The molecule has 0 aliphatic carbocycles. The molecule has 1 aromatic heterocycles. The van der Waals surface area contributed by atoms with E-state index in [0.29, 0.717) is 6.07 Å². The van der Waals surface area contributed by atoms with Crippen molar-refractivity contribution in [2.24, 2.45) is 0 Å². The maximum Gasteiger partial charge on any atom is 0.416 e. The normalized spacial score (nSPS) is 11.8. The maximum absolute atomic E-state index is 13.0. The van der Waals surface area contributed by atoms with Gasteiger partial charge in [0.15, 0.2) is 6.33 Å². The Morgan fingerprint density at radius 2 is 1.88 bits per heavy atom. The highest BCUT2D eigenvalue weighted by molar-refractivity contribution is 5.54. The van der Waals surface area contributed by atoms with Crippen molar-refractivity contribution in [3.63, 3.8) is 0 Å². The minimum absolute atomic E-state index is 0.107. The Morgan fingerprint density at radius 1 is 1.12 bits per heavy atom. The molecule has 2 aromatic rings. The van der Waals surface area contributed by atoms with Crippen LogP contribution >= 0.6 is 0 Å². The molecule has 0 radical (unpaired) electrons. The highest BCUT2D eigenvalue weighted by atomic mass is 19.4. The van der Waals surface area contributed by atoms with Gasteiger partial charge in [-0.3, -0.25) is 0 Å². The third-order valence-electron chi connectivity index (χ3n) is 1.83. The van der Waals surface area contributed by atoms with E-state index in [1.165, 1.54) is 0 Å². The van der Waals surface area contributed by atoms with E-state index in [9.17, 15) is 17.6 Å². The Bertz CT molecular complexity index is 493. The molecule has 7 heteroatoms. The van der Waals surface area contributed by atoms with Crippen LogP contribution in [0.25, 0.3) is 11.5 Å². The van der Waals surface area contributed by atoms with Gasteiger partial charge in [-0.2, -0.15) is 18.2 Å². The first-order valence-corrected chi connectivity index (χ1v) is 4.11. The second kappa shape index (κ2) is 3.58. The maximum atomic E-state index is 13.0. The van der Waals surface area contributed by atoms with Gasteiger partial charge in [0.25, 0.3) is 5.89 Å². The minimum Gasteiger partial charge on any atom is -0.334 e. The predicted octanol–water partition coefficient (Wildman–Crippen LogP) is 2.89. The van der Waals surface area contributed by atoms with Gasteiger partial charge in [0.2, 0.25) is 0 Å². The molecular weight excluding hydrogens is 228 g/mol. The van der Waals surface area contributed by atoms with Gasteiger partial charge in [-0.25, -0.2) is 4.39 Å². The van der Waals surface area contributed by atoms with Crippen LogP contribution in [-0.2, 0) is 6.18 Å². The molecule has 1 aromatic carbocycles. The number of alkyl halides is 3. The summed E-state index contributed by atoms with van der Waals surface area (Å²) in [4.78, 5) is 3.54.